The van der Waals surface area contributed by atoms with E-state index in [2.05, 4.69) is 6.92 Å². The van der Waals surface area contributed by atoms with Gasteiger partial charge in [0.25, 0.3) is 0 Å². The monoisotopic (exact) mass is 201 g/mol. The van der Waals surface area contributed by atoms with Gasteiger partial charge in [-0.2, -0.15) is 0 Å². The van der Waals surface area contributed by atoms with E-state index in [-0.39, 0.29) is 0 Å². The van der Waals surface area contributed by atoms with Crippen molar-refractivity contribution in [1.82, 2.24) is 0 Å². The normalized spacial score (nSPS) is 10.0. The lowest BCUT2D eigenvalue weighted by Gasteiger charge is -2.09. The molecule has 4 nitrogen and oxygen atoms in total. The highest BCUT2D eigenvalue weighted by molar-refractivity contribution is 5.95. The van der Waals surface area contributed by atoms with Crippen molar-refractivity contribution in [3.63, 3.8) is 0 Å². The minimum Gasteiger partial charge on any atom is -0.465 e. The molecule has 0 aliphatic rings. The number of ether oxygens (including phenoxy) is 2. The van der Waals surface area contributed by atoms with E-state index in [0.29, 0.717) is 13.2 Å². The van der Waals surface area contributed by atoms with E-state index < -0.39 is 17.9 Å². The second-order valence-corrected chi connectivity index (χ2v) is 2.89. The minimum absolute atomic E-state index is 0.311. The Morgan fingerprint density at radius 3 is 1.71 bits per heavy atom. The Balaban J connectivity index is 3.85. The molecular formula is C10H17O4. The predicted molar refractivity (Wildman–Crippen MR) is 51.3 cm³/mol. The van der Waals surface area contributed by atoms with Gasteiger partial charge in [-0.15, -0.1) is 0 Å². The molecule has 0 spiro atoms. The van der Waals surface area contributed by atoms with Gasteiger partial charge in [-0.1, -0.05) is 13.8 Å². The number of rotatable bonds is 6. The van der Waals surface area contributed by atoms with Crippen LogP contribution in [0.4, 0.5) is 0 Å². The van der Waals surface area contributed by atoms with E-state index in [9.17, 15) is 9.59 Å². The Morgan fingerprint density at radius 2 is 1.43 bits per heavy atom. The van der Waals surface area contributed by atoms with E-state index in [1.54, 1.807) is 0 Å². The molecule has 0 heterocycles. The Hall–Kier alpha value is -1.06. The summed E-state index contributed by atoms with van der Waals surface area (Å²) in [5.41, 5.74) is 0. The van der Waals surface area contributed by atoms with E-state index in [1.165, 1.54) is 0 Å². The summed E-state index contributed by atoms with van der Waals surface area (Å²) >= 11 is 0. The van der Waals surface area contributed by atoms with Crippen LogP contribution >= 0.6 is 0 Å². The summed E-state index contributed by atoms with van der Waals surface area (Å²) in [4.78, 5) is 22.2. The van der Waals surface area contributed by atoms with Crippen molar-refractivity contribution in [2.24, 2.45) is 5.92 Å². The van der Waals surface area contributed by atoms with Crippen molar-refractivity contribution in [1.29, 1.82) is 0 Å². The Labute approximate surface area is 84.6 Å². The molecule has 0 aliphatic heterocycles. The van der Waals surface area contributed by atoms with Crippen LogP contribution in [0.2, 0.25) is 0 Å². The molecule has 0 atom stereocenters. The summed E-state index contributed by atoms with van der Waals surface area (Å²) in [6.45, 7) is 7.77. The molecule has 1 radical (unpaired) electrons. The van der Waals surface area contributed by atoms with Crippen molar-refractivity contribution in [3.05, 3.63) is 6.92 Å². The van der Waals surface area contributed by atoms with Crippen LogP contribution in [0.5, 0.6) is 0 Å². The standard InChI is InChI=1S/C10H17O4/c1-4-6-13-9(11)8(3)10(12)14-7-5-2/h8H,3-7H2,1-2H3. The lowest BCUT2D eigenvalue weighted by molar-refractivity contribution is -0.159. The highest BCUT2D eigenvalue weighted by Crippen LogP contribution is 2.02. The van der Waals surface area contributed by atoms with Crippen LogP contribution in [0, 0.1) is 12.8 Å². The van der Waals surface area contributed by atoms with Crippen LogP contribution < -0.4 is 0 Å². The lowest BCUT2D eigenvalue weighted by atomic mass is 10.2. The van der Waals surface area contributed by atoms with Crippen LogP contribution in [0.1, 0.15) is 26.7 Å². The van der Waals surface area contributed by atoms with Gasteiger partial charge in [0.05, 0.1) is 13.2 Å². The number of carbonyl (C=O) groups excluding carboxylic acids is 2. The molecule has 0 unspecified atom stereocenters. The first-order chi connectivity index (χ1) is 6.63. The Bertz CT molecular complexity index is 169. The zero-order chi connectivity index (χ0) is 11.0. The van der Waals surface area contributed by atoms with Crippen LogP contribution in [0.15, 0.2) is 0 Å². The van der Waals surface area contributed by atoms with Gasteiger partial charge in [0, 0.05) is 0 Å². The first-order valence-corrected chi connectivity index (χ1v) is 4.79. The van der Waals surface area contributed by atoms with Crippen molar-refractivity contribution in [2.75, 3.05) is 13.2 Å². The molecule has 0 bridgehead atoms. The molecule has 0 N–H and O–H groups in total. The largest absolute Gasteiger partial charge is 0.465 e. The molecule has 14 heavy (non-hydrogen) atoms. The number of esters is 2. The third kappa shape index (κ3) is 4.84. The lowest BCUT2D eigenvalue weighted by Crippen LogP contribution is -2.26. The Kier molecular flexibility index (Phi) is 6.80. The van der Waals surface area contributed by atoms with Crippen LogP contribution in [-0.4, -0.2) is 25.2 Å². The summed E-state index contributed by atoms with van der Waals surface area (Å²) in [6, 6.07) is 0. The highest BCUT2D eigenvalue weighted by atomic mass is 16.6. The highest BCUT2D eigenvalue weighted by Gasteiger charge is 2.24. The van der Waals surface area contributed by atoms with Crippen LogP contribution in [0.3, 0.4) is 0 Å². The maximum atomic E-state index is 11.1. The fourth-order valence-corrected chi connectivity index (χ4v) is 0.703. The topological polar surface area (TPSA) is 52.6 Å². The van der Waals surface area contributed by atoms with Crippen molar-refractivity contribution < 1.29 is 19.1 Å². The SMILES string of the molecule is [CH2]C(C(=O)OCCC)C(=O)OCCC. The van der Waals surface area contributed by atoms with Crippen molar-refractivity contribution in [3.8, 4) is 0 Å². The van der Waals surface area contributed by atoms with Gasteiger partial charge >= 0.3 is 11.9 Å². The molecule has 4 heteroatoms. The summed E-state index contributed by atoms with van der Waals surface area (Å²) in [5, 5.41) is 0. The third-order valence-electron chi connectivity index (χ3n) is 1.47. The average Bonchev–Trinajstić information content (AvgIpc) is 2.21. The summed E-state index contributed by atoms with van der Waals surface area (Å²) < 4.78 is 9.50. The third-order valence-corrected chi connectivity index (χ3v) is 1.47. The van der Waals surface area contributed by atoms with Gasteiger partial charge in [-0.05, 0) is 19.8 Å². The molecule has 0 aromatic rings. The maximum Gasteiger partial charge on any atom is 0.320 e. The molecule has 0 aromatic heterocycles. The number of carbonyl (C=O) groups is 2. The maximum absolute atomic E-state index is 11.1. The van der Waals surface area contributed by atoms with Crippen molar-refractivity contribution >= 4 is 11.9 Å². The van der Waals surface area contributed by atoms with Crippen LogP contribution in [0.25, 0.3) is 0 Å². The quantitative estimate of drug-likeness (QED) is 0.480. The van der Waals surface area contributed by atoms with Gasteiger partial charge < -0.3 is 9.47 Å². The smallest absolute Gasteiger partial charge is 0.320 e. The molecule has 0 rings (SSSR count). The second-order valence-electron chi connectivity index (χ2n) is 2.89. The molecular weight excluding hydrogens is 184 g/mol. The van der Waals surface area contributed by atoms with Crippen LogP contribution in [-0.2, 0) is 19.1 Å². The van der Waals surface area contributed by atoms with E-state index >= 15 is 0 Å². The molecule has 0 amide bonds. The predicted octanol–water partition coefficient (Wildman–Crippen LogP) is 1.34. The molecule has 0 aromatic carbocycles. The number of hydrogen-bond donors (Lipinski definition) is 0. The van der Waals surface area contributed by atoms with E-state index in [0.717, 1.165) is 12.8 Å². The number of hydrogen-bond acceptors (Lipinski definition) is 4. The van der Waals surface area contributed by atoms with Gasteiger partial charge in [0.15, 0.2) is 5.92 Å². The Morgan fingerprint density at radius 1 is 1.07 bits per heavy atom. The van der Waals surface area contributed by atoms with Gasteiger partial charge in [-0.25, -0.2) is 0 Å². The average molecular weight is 201 g/mol. The fourth-order valence-electron chi connectivity index (χ4n) is 0.703. The van der Waals surface area contributed by atoms with Gasteiger partial charge in [-0.3, -0.25) is 9.59 Å². The zero-order valence-corrected chi connectivity index (χ0v) is 8.75. The van der Waals surface area contributed by atoms with E-state index in [1.807, 2.05) is 13.8 Å². The second kappa shape index (κ2) is 7.35. The molecule has 81 valence electrons. The van der Waals surface area contributed by atoms with Gasteiger partial charge in [0.1, 0.15) is 0 Å². The van der Waals surface area contributed by atoms with E-state index in [4.69, 9.17) is 9.47 Å². The van der Waals surface area contributed by atoms with Gasteiger partial charge in [0.2, 0.25) is 0 Å². The molecule has 0 saturated heterocycles. The summed E-state index contributed by atoms with van der Waals surface area (Å²) in [5.74, 6) is -2.30. The zero-order valence-electron chi connectivity index (χ0n) is 8.75. The molecule has 0 aliphatic carbocycles. The van der Waals surface area contributed by atoms with Crippen molar-refractivity contribution in [2.45, 2.75) is 26.7 Å². The first kappa shape index (κ1) is 12.9. The first-order valence-electron chi connectivity index (χ1n) is 4.79. The minimum atomic E-state index is -1.06. The molecule has 0 fully saturated rings. The summed E-state index contributed by atoms with van der Waals surface area (Å²) in [6.07, 6.45) is 1.45. The summed E-state index contributed by atoms with van der Waals surface area (Å²) in [7, 11) is 0. The fraction of sp³-hybridized carbons (Fsp3) is 0.700. The molecule has 0 saturated carbocycles.